The van der Waals surface area contributed by atoms with E-state index < -0.39 is 0 Å². The monoisotopic (exact) mass is 255 g/mol. The van der Waals surface area contributed by atoms with Crippen LogP contribution in [0.15, 0.2) is 18.2 Å². The number of hydrogen-bond acceptors (Lipinski definition) is 4. The number of benzene rings is 1. The summed E-state index contributed by atoms with van der Waals surface area (Å²) in [6.45, 7) is 3.87. The van der Waals surface area contributed by atoms with Gasteiger partial charge in [0.05, 0.1) is 7.11 Å². The Morgan fingerprint density at radius 3 is 2.82 bits per heavy atom. The molecule has 0 spiro atoms. The van der Waals surface area contributed by atoms with Crippen molar-refractivity contribution in [3.63, 3.8) is 0 Å². The molecule has 1 atom stereocenters. The van der Waals surface area contributed by atoms with Crippen molar-refractivity contribution in [2.75, 3.05) is 25.7 Å². The molecule has 3 nitrogen and oxygen atoms in total. The number of rotatable bonds is 7. The number of thioether (sulfide) groups is 1. The van der Waals surface area contributed by atoms with Gasteiger partial charge < -0.3 is 15.2 Å². The van der Waals surface area contributed by atoms with Crippen molar-refractivity contribution < 1.29 is 9.84 Å². The summed E-state index contributed by atoms with van der Waals surface area (Å²) < 4.78 is 5.04. The van der Waals surface area contributed by atoms with Crippen LogP contribution in [-0.2, 0) is 6.54 Å². The Morgan fingerprint density at radius 2 is 2.24 bits per heavy atom. The fraction of sp³-hybridized carbons (Fsp3) is 0.538. The van der Waals surface area contributed by atoms with Crippen molar-refractivity contribution in [1.82, 2.24) is 5.32 Å². The van der Waals surface area contributed by atoms with Crippen LogP contribution in [0.1, 0.15) is 12.5 Å². The molecule has 17 heavy (non-hydrogen) atoms. The number of phenols is 1. The third-order valence-corrected chi connectivity index (χ3v) is 3.45. The molecule has 4 heteroatoms. The molecule has 1 aromatic rings. The van der Waals surface area contributed by atoms with Gasteiger partial charge in [-0.05, 0) is 30.5 Å². The molecule has 1 unspecified atom stereocenters. The maximum Gasteiger partial charge on any atom is 0.123 e. The van der Waals surface area contributed by atoms with E-state index in [1.165, 1.54) is 0 Å². The summed E-state index contributed by atoms with van der Waals surface area (Å²) in [5, 5.41) is 13.1. The first-order valence-corrected chi connectivity index (χ1v) is 7.12. The molecule has 0 aliphatic heterocycles. The standard InChI is InChI=1S/C13H21NO2S/c1-10(9-17-3)7-14-8-11-4-5-12(16-2)6-13(11)15/h4-6,10,14-15H,7-9H2,1-3H3. The number of aromatic hydroxyl groups is 1. The molecular formula is C13H21NO2S. The molecule has 0 fully saturated rings. The Labute approximate surface area is 108 Å². The number of nitrogens with one attached hydrogen (secondary N) is 1. The summed E-state index contributed by atoms with van der Waals surface area (Å²) in [5.74, 6) is 2.77. The molecule has 1 rings (SSSR count). The first kappa shape index (κ1) is 14.2. The average molecular weight is 255 g/mol. The quantitative estimate of drug-likeness (QED) is 0.785. The first-order valence-electron chi connectivity index (χ1n) is 5.73. The highest BCUT2D eigenvalue weighted by molar-refractivity contribution is 7.98. The normalized spacial score (nSPS) is 12.4. The van der Waals surface area contributed by atoms with E-state index in [0.29, 0.717) is 18.2 Å². The highest BCUT2D eigenvalue weighted by Crippen LogP contribution is 2.23. The van der Waals surface area contributed by atoms with Gasteiger partial charge in [0.25, 0.3) is 0 Å². The van der Waals surface area contributed by atoms with Gasteiger partial charge in [0.15, 0.2) is 0 Å². The van der Waals surface area contributed by atoms with Gasteiger partial charge in [-0.25, -0.2) is 0 Å². The van der Waals surface area contributed by atoms with Gasteiger partial charge in [0.1, 0.15) is 11.5 Å². The van der Waals surface area contributed by atoms with Crippen molar-refractivity contribution in [3.05, 3.63) is 23.8 Å². The van der Waals surface area contributed by atoms with Crippen molar-refractivity contribution in [2.45, 2.75) is 13.5 Å². The molecule has 1 aromatic carbocycles. The van der Waals surface area contributed by atoms with E-state index >= 15 is 0 Å². The van der Waals surface area contributed by atoms with Crippen LogP contribution in [0.25, 0.3) is 0 Å². The lowest BCUT2D eigenvalue weighted by molar-refractivity contribution is 0.405. The van der Waals surface area contributed by atoms with E-state index in [0.717, 1.165) is 17.9 Å². The smallest absolute Gasteiger partial charge is 0.123 e. The highest BCUT2D eigenvalue weighted by atomic mass is 32.2. The lowest BCUT2D eigenvalue weighted by atomic mass is 10.1. The first-order chi connectivity index (χ1) is 8.17. The second-order valence-electron chi connectivity index (χ2n) is 4.19. The lowest BCUT2D eigenvalue weighted by Crippen LogP contribution is -2.22. The van der Waals surface area contributed by atoms with Crippen molar-refractivity contribution in [2.24, 2.45) is 5.92 Å². The minimum absolute atomic E-state index is 0.286. The van der Waals surface area contributed by atoms with Crippen LogP contribution in [0, 0.1) is 5.92 Å². The van der Waals surface area contributed by atoms with Crippen LogP contribution in [0.5, 0.6) is 11.5 Å². The highest BCUT2D eigenvalue weighted by Gasteiger charge is 2.04. The van der Waals surface area contributed by atoms with Gasteiger partial charge in [-0.15, -0.1) is 0 Å². The van der Waals surface area contributed by atoms with E-state index in [1.54, 1.807) is 13.2 Å². The van der Waals surface area contributed by atoms with Gasteiger partial charge in [-0.2, -0.15) is 11.8 Å². The number of hydrogen-bond donors (Lipinski definition) is 2. The van der Waals surface area contributed by atoms with Crippen molar-refractivity contribution in [1.29, 1.82) is 0 Å². The predicted molar refractivity (Wildman–Crippen MR) is 73.9 cm³/mol. The van der Waals surface area contributed by atoms with Crippen LogP contribution >= 0.6 is 11.8 Å². The molecule has 0 radical (unpaired) electrons. The molecule has 0 aromatic heterocycles. The van der Waals surface area contributed by atoms with Gasteiger partial charge in [0, 0.05) is 18.2 Å². The van der Waals surface area contributed by atoms with Gasteiger partial charge in [-0.1, -0.05) is 13.0 Å². The van der Waals surface area contributed by atoms with E-state index in [-0.39, 0.29) is 5.75 Å². The second kappa shape index (κ2) is 7.45. The molecule has 96 valence electrons. The number of phenolic OH excluding ortho intramolecular Hbond substituents is 1. The molecule has 0 heterocycles. The maximum absolute atomic E-state index is 9.77. The zero-order valence-corrected chi connectivity index (χ0v) is 11.5. The van der Waals surface area contributed by atoms with E-state index in [2.05, 4.69) is 18.5 Å². The molecule has 0 saturated heterocycles. The molecule has 0 bridgehead atoms. The maximum atomic E-state index is 9.77. The molecule has 2 N–H and O–H groups in total. The van der Waals surface area contributed by atoms with Gasteiger partial charge >= 0.3 is 0 Å². The van der Waals surface area contributed by atoms with Crippen molar-refractivity contribution >= 4 is 11.8 Å². The van der Waals surface area contributed by atoms with Crippen LogP contribution in [0.3, 0.4) is 0 Å². The Balaban J connectivity index is 2.41. The van der Waals surface area contributed by atoms with E-state index in [1.807, 2.05) is 23.9 Å². The molecule has 0 aliphatic carbocycles. The lowest BCUT2D eigenvalue weighted by Gasteiger charge is -2.12. The minimum Gasteiger partial charge on any atom is -0.507 e. The summed E-state index contributed by atoms with van der Waals surface area (Å²) in [7, 11) is 1.59. The number of ether oxygens (including phenoxy) is 1. The second-order valence-corrected chi connectivity index (χ2v) is 5.10. The molecule has 0 amide bonds. The van der Waals surface area contributed by atoms with Crippen LogP contribution in [-0.4, -0.2) is 30.8 Å². The number of methoxy groups -OCH3 is 1. The van der Waals surface area contributed by atoms with Crippen LogP contribution < -0.4 is 10.1 Å². The summed E-state index contributed by atoms with van der Waals surface area (Å²) in [6, 6.07) is 5.39. The van der Waals surface area contributed by atoms with Crippen LogP contribution in [0.2, 0.25) is 0 Å². The topological polar surface area (TPSA) is 41.5 Å². The minimum atomic E-state index is 0.286. The summed E-state index contributed by atoms with van der Waals surface area (Å²) in [4.78, 5) is 0. The van der Waals surface area contributed by atoms with E-state index in [9.17, 15) is 5.11 Å². The largest absolute Gasteiger partial charge is 0.507 e. The summed E-state index contributed by atoms with van der Waals surface area (Å²) >= 11 is 1.86. The third-order valence-electron chi connectivity index (χ3n) is 2.55. The fourth-order valence-electron chi connectivity index (χ4n) is 1.62. The Morgan fingerprint density at radius 1 is 1.47 bits per heavy atom. The van der Waals surface area contributed by atoms with Crippen LogP contribution in [0.4, 0.5) is 0 Å². The Bertz CT molecular complexity index is 344. The zero-order chi connectivity index (χ0) is 12.7. The zero-order valence-electron chi connectivity index (χ0n) is 10.7. The summed E-state index contributed by atoms with van der Waals surface area (Å²) in [5.41, 5.74) is 0.905. The third kappa shape index (κ3) is 4.88. The van der Waals surface area contributed by atoms with Gasteiger partial charge in [-0.3, -0.25) is 0 Å². The average Bonchev–Trinajstić information content (AvgIpc) is 2.31. The Hall–Kier alpha value is -0.870. The molecular weight excluding hydrogens is 234 g/mol. The fourth-order valence-corrected chi connectivity index (χ4v) is 2.30. The summed E-state index contributed by atoms with van der Waals surface area (Å²) in [6.07, 6.45) is 2.12. The molecule has 0 saturated carbocycles. The predicted octanol–water partition coefficient (Wildman–Crippen LogP) is 2.49. The SMILES string of the molecule is COc1ccc(CNCC(C)CSC)c(O)c1. The van der Waals surface area contributed by atoms with Gasteiger partial charge in [0.2, 0.25) is 0 Å². The Kier molecular flexibility index (Phi) is 6.22. The molecule has 0 aliphatic rings. The van der Waals surface area contributed by atoms with Crippen molar-refractivity contribution in [3.8, 4) is 11.5 Å². The van der Waals surface area contributed by atoms with E-state index in [4.69, 9.17) is 4.74 Å².